The lowest BCUT2D eigenvalue weighted by Crippen LogP contribution is -2.40. The first-order valence-corrected chi connectivity index (χ1v) is 5.36. The van der Waals surface area contributed by atoms with Gasteiger partial charge in [0.15, 0.2) is 0 Å². The third-order valence-corrected chi connectivity index (χ3v) is 3.23. The Balaban J connectivity index is 2.55. The van der Waals surface area contributed by atoms with Crippen LogP contribution in [0.25, 0.3) is 0 Å². The van der Waals surface area contributed by atoms with Gasteiger partial charge in [0, 0.05) is 5.54 Å². The standard InChI is InChI=1S/C6H12O3Si/c7-10(8,9)6-4-2-1-3-5-6/h2,4,6-9H,1,3,5H2. The van der Waals surface area contributed by atoms with E-state index in [1.165, 1.54) is 0 Å². The molecule has 4 heteroatoms. The van der Waals surface area contributed by atoms with Gasteiger partial charge in [0.05, 0.1) is 0 Å². The van der Waals surface area contributed by atoms with Crippen molar-refractivity contribution < 1.29 is 14.4 Å². The van der Waals surface area contributed by atoms with Gasteiger partial charge in [-0.2, -0.15) is 0 Å². The highest BCUT2D eigenvalue weighted by Gasteiger charge is 2.37. The summed E-state index contributed by atoms with van der Waals surface area (Å²) in [4.78, 5) is 26.5. The lowest BCUT2D eigenvalue weighted by molar-refractivity contribution is 0.214. The highest BCUT2D eigenvalue weighted by Crippen LogP contribution is 2.27. The van der Waals surface area contributed by atoms with Crippen LogP contribution in [0.5, 0.6) is 0 Å². The van der Waals surface area contributed by atoms with Gasteiger partial charge in [-0.15, -0.1) is 0 Å². The third-order valence-electron chi connectivity index (χ3n) is 1.75. The molecule has 0 aromatic rings. The Morgan fingerprint density at radius 2 is 2.00 bits per heavy atom. The summed E-state index contributed by atoms with van der Waals surface area (Å²) in [6.45, 7) is 0. The quantitative estimate of drug-likeness (QED) is 0.374. The first kappa shape index (κ1) is 7.94. The minimum absolute atomic E-state index is 0.374. The third kappa shape index (κ3) is 1.91. The minimum atomic E-state index is -3.84. The molecule has 10 heavy (non-hydrogen) atoms. The predicted octanol–water partition coefficient (Wildman–Crippen LogP) is 0.0125. The fraction of sp³-hybridized carbons (Fsp3) is 0.667. The molecule has 0 spiro atoms. The maximum Gasteiger partial charge on any atom is 0.499 e. The molecular weight excluding hydrogens is 148 g/mol. The van der Waals surface area contributed by atoms with Crippen molar-refractivity contribution in [2.45, 2.75) is 24.8 Å². The fourth-order valence-corrected chi connectivity index (χ4v) is 2.12. The van der Waals surface area contributed by atoms with Crippen molar-refractivity contribution in [2.24, 2.45) is 0 Å². The van der Waals surface area contributed by atoms with E-state index in [1.807, 2.05) is 6.08 Å². The highest BCUT2D eigenvalue weighted by molar-refractivity contribution is 6.58. The normalized spacial score (nSPS) is 26.9. The second-order valence-electron chi connectivity index (χ2n) is 2.65. The van der Waals surface area contributed by atoms with Gasteiger partial charge in [0.1, 0.15) is 0 Å². The summed E-state index contributed by atoms with van der Waals surface area (Å²) in [6, 6.07) is 0. The second-order valence-corrected chi connectivity index (χ2v) is 4.77. The van der Waals surface area contributed by atoms with E-state index >= 15 is 0 Å². The van der Waals surface area contributed by atoms with Crippen LogP contribution in [0.3, 0.4) is 0 Å². The van der Waals surface area contributed by atoms with Crippen molar-refractivity contribution in [1.82, 2.24) is 0 Å². The van der Waals surface area contributed by atoms with E-state index in [2.05, 4.69) is 0 Å². The highest BCUT2D eigenvalue weighted by atomic mass is 28.4. The molecule has 58 valence electrons. The Morgan fingerprint density at radius 3 is 2.30 bits per heavy atom. The van der Waals surface area contributed by atoms with Crippen LogP contribution < -0.4 is 0 Å². The summed E-state index contributed by atoms with van der Waals surface area (Å²) >= 11 is 0. The van der Waals surface area contributed by atoms with Crippen LogP contribution in [0, 0.1) is 0 Å². The minimum Gasteiger partial charge on any atom is -0.390 e. The summed E-state index contributed by atoms with van der Waals surface area (Å²) in [5, 5.41) is 0. The van der Waals surface area contributed by atoms with E-state index in [0.29, 0.717) is 6.42 Å². The van der Waals surface area contributed by atoms with E-state index in [-0.39, 0.29) is 5.54 Å². The first-order valence-electron chi connectivity index (χ1n) is 3.44. The molecule has 0 aliphatic heterocycles. The number of rotatable bonds is 1. The van der Waals surface area contributed by atoms with Gasteiger partial charge < -0.3 is 14.4 Å². The van der Waals surface area contributed by atoms with Gasteiger partial charge >= 0.3 is 8.80 Å². The summed E-state index contributed by atoms with van der Waals surface area (Å²) in [6.07, 6.45) is 6.22. The van der Waals surface area contributed by atoms with Crippen LogP contribution in [-0.2, 0) is 0 Å². The summed E-state index contributed by atoms with van der Waals surface area (Å²) in [5.74, 6) is 0. The average molecular weight is 160 g/mol. The molecule has 0 saturated heterocycles. The Hall–Kier alpha value is -0.163. The topological polar surface area (TPSA) is 60.7 Å². The zero-order chi connectivity index (χ0) is 7.61. The van der Waals surface area contributed by atoms with E-state index < -0.39 is 8.80 Å². The SMILES string of the molecule is O[Si](O)(O)C1C=CCCC1. The molecule has 0 fully saturated rings. The molecule has 1 unspecified atom stereocenters. The maximum absolute atomic E-state index is 8.84. The molecule has 0 radical (unpaired) electrons. The number of allylic oxidation sites excluding steroid dienone is 2. The van der Waals surface area contributed by atoms with Crippen LogP contribution in [0.1, 0.15) is 19.3 Å². The lowest BCUT2D eigenvalue weighted by Gasteiger charge is -2.21. The van der Waals surface area contributed by atoms with Crippen molar-refractivity contribution in [3.05, 3.63) is 12.2 Å². The van der Waals surface area contributed by atoms with Gasteiger partial charge in [0.2, 0.25) is 0 Å². The van der Waals surface area contributed by atoms with Crippen LogP contribution >= 0.6 is 0 Å². The van der Waals surface area contributed by atoms with Gasteiger partial charge in [-0.3, -0.25) is 0 Å². The van der Waals surface area contributed by atoms with Gasteiger partial charge in [-0.05, 0) is 19.3 Å². The van der Waals surface area contributed by atoms with Crippen molar-refractivity contribution in [2.75, 3.05) is 0 Å². The van der Waals surface area contributed by atoms with Crippen molar-refractivity contribution in [1.29, 1.82) is 0 Å². The Bertz CT molecular complexity index is 138. The molecule has 0 aromatic heterocycles. The molecule has 1 atom stereocenters. The van der Waals surface area contributed by atoms with Gasteiger partial charge in [-0.1, -0.05) is 12.2 Å². The van der Waals surface area contributed by atoms with Gasteiger partial charge in [-0.25, -0.2) is 0 Å². The smallest absolute Gasteiger partial charge is 0.390 e. The summed E-state index contributed by atoms with van der Waals surface area (Å²) in [5.41, 5.74) is -0.374. The van der Waals surface area contributed by atoms with E-state index in [1.54, 1.807) is 6.08 Å². The lowest BCUT2D eigenvalue weighted by atomic mass is 10.1. The predicted molar refractivity (Wildman–Crippen MR) is 39.2 cm³/mol. The second kappa shape index (κ2) is 2.83. The van der Waals surface area contributed by atoms with Crippen LogP contribution in [-0.4, -0.2) is 23.2 Å². The molecule has 0 heterocycles. The van der Waals surface area contributed by atoms with E-state index in [4.69, 9.17) is 14.4 Å². The monoisotopic (exact) mass is 160 g/mol. The van der Waals surface area contributed by atoms with Crippen molar-refractivity contribution in [3.63, 3.8) is 0 Å². The Morgan fingerprint density at radius 1 is 1.30 bits per heavy atom. The first-order chi connectivity index (χ1) is 4.61. The fourth-order valence-electron chi connectivity index (χ4n) is 1.14. The summed E-state index contributed by atoms with van der Waals surface area (Å²) in [7, 11) is -3.84. The summed E-state index contributed by atoms with van der Waals surface area (Å²) < 4.78 is 0. The van der Waals surface area contributed by atoms with E-state index in [9.17, 15) is 0 Å². The number of hydrogen-bond acceptors (Lipinski definition) is 3. The van der Waals surface area contributed by atoms with Crippen molar-refractivity contribution >= 4 is 8.80 Å². The molecule has 0 bridgehead atoms. The molecule has 3 nitrogen and oxygen atoms in total. The zero-order valence-corrected chi connectivity index (χ0v) is 6.70. The van der Waals surface area contributed by atoms with E-state index in [0.717, 1.165) is 12.8 Å². The molecule has 1 aliphatic rings. The van der Waals surface area contributed by atoms with Crippen molar-refractivity contribution in [3.8, 4) is 0 Å². The van der Waals surface area contributed by atoms with Gasteiger partial charge in [0.25, 0.3) is 0 Å². The molecule has 3 N–H and O–H groups in total. The largest absolute Gasteiger partial charge is 0.499 e. The molecule has 0 aromatic carbocycles. The molecule has 1 aliphatic carbocycles. The molecule has 0 amide bonds. The molecule has 1 rings (SSSR count). The maximum atomic E-state index is 8.84. The number of hydrogen-bond donors (Lipinski definition) is 3. The van der Waals surface area contributed by atoms with Crippen LogP contribution in [0.2, 0.25) is 5.54 Å². The molecule has 0 saturated carbocycles. The average Bonchev–Trinajstić information content (AvgIpc) is 1.88. The van der Waals surface area contributed by atoms with Crippen LogP contribution in [0.15, 0.2) is 12.2 Å². The Kier molecular flexibility index (Phi) is 2.25. The molecular formula is C6H12O3Si. The zero-order valence-electron chi connectivity index (χ0n) is 5.70. The van der Waals surface area contributed by atoms with Crippen LogP contribution in [0.4, 0.5) is 0 Å². The Labute approximate surface area is 61.0 Å².